The van der Waals surface area contributed by atoms with E-state index in [9.17, 15) is 4.79 Å². The molecule has 84 valence electrons. The van der Waals surface area contributed by atoms with Gasteiger partial charge in [0.2, 0.25) is 6.39 Å². The number of hydrogen-bond acceptors (Lipinski definition) is 7. The number of aromatic carboxylic acids is 1. The summed E-state index contributed by atoms with van der Waals surface area (Å²) in [6.07, 6.45) is 1.26. The summed E-state index contributed by atoms with van der Waals surface area (Å²) in [4.78, 5) is 19.1. The van der Waals surface area contributed by atoms with Crippen molar-refractivity contribution in [2.24, 2.45) is 0 Å². The van der Waals surface area contributed by atoms with Crippen molar-refractivity contribution in [3.8, 4) is 0 Å². The molecule has 8 heteroatoms. The van der Waals surface area contributed by atoms with Gasteiger partial charge in [0, 0.05) is 0 Å². The van der Waals surface area contributed by atoms with Crippen molar-refractivity contribution in [1.29, 1.82) is 0 Å². The maximum atomic E-state index is 10.8. The molecule has 0 radical (unpaired) electrons. The molecule has 0 amide bonds. The number of carboxylic acids is 1. The average molecular weight is 257 g/mol. The predicted octanol–water partition coefficient (Wildman–Crippen LogP) is 1.83. The molecule has 16 heavy (non-hydrogen) atoms. The third-order valence-electron chi connectivity index (χ3n) is 1.70. The molecular weight excluding hydrogens is 250 g/mol. The van der Waals surface area contributed by atoms with E-state index in [1.807, 2.05) is 0 Å². The van der Waals surface area contributed by atoms with Crippen LogP contribution >= 0.6 is 23.1 Å². The van der Waals surface area contributed by atoms with Crippen LogP contribution in [0.3, 0.4) is 0 Å². The minimum absolute atomic E-state index is 0.274. The highest BCUT2D eigenvalue weighted by Crippen LogP contribution is 2.28. The lowest BCUT2D eigenvalue weighted by Crippen LogP contribution is -1.94. The minimum Gasteiger partial charge on any atom is -0.477 e. The van der Waals surface area contributed by atoms with Crippen LogP contribution in [0.2, 0.25) is 0 Å². The number of nitrogens with zero attached hydrogens (tertiary/aromatic N) is 3. The topological polar surface area (TPSA) is 89.1 Å². The molecule has 0 aliphatic carbocycles. The molecule has 0 saturated carbocycles. The number of carboxylic acid groups (broad SMARTS) is 1. The van der Waals surface area contributed by atoms with Crippen LogP contribution in [-0.2, 0) is 5.75 Å². The van der Waals surface area contributed by atoms with Gasteiger partial charge in [-0.05, 0) is 6.92 Å². The standard InChI is InChI=1S/C8H7N3O3S2/c1-4-6(7(12)13)16-8(10-4)15-2-5-9-3-14-11-5/h3H,2H2,1H3,(H,12,13). The number of hydrogen-bond donors (Lipinski definition) is 1. The number of thiazole rings is 1. The van der Waals surface area contributed by atoms with E-state index in [-0.39, 0.29) is 4.88 Å². The van der Waals surface area contributed by atoms with E-state index >= 15 is 0 Å². The lowest BCUT2D eigenvalue weighted by Gasteiger charge is -1.89. The maximum absolute atomic E-state index is 10.8. The summed E-state index contributed by atoms with van der Waals surface area (Å²) in [7, 11) is 0. The second-order valence-electron chi connectivity index (χ2n) is 2.84. The Bertz CT molecular complexity index is 495. The Morgan fingerprint density at radius 2 is 2.50 bits per heavy atom. The first-order valence-corrected chi connectivity index (χ1v) is 6.06. The molecule has 0 unspecified atom stereocenters. The van der Waals surface area contributed by atoms with Crippen molar-refractivity contribution in [3.63, 3.8) is 0 Å². The Hall–Kier alpha value is -1.41. The van der Waals surface area contributed by atoms with Crippen LogP contribution in [0.5, 0.6) is 0 Å². The van der Waals surface area contributed by atoms with Crippen LogP contribution in [0.25, 0.3) is 0 Å². The Morgan fingerprint density at radius 3 is 3.06 bits per heavy atom. The van der Waals surface area contributed by atoms with Crippen molar-refractivity contribution < 1.29 is 14.4 Å². The monoisotopic (exact) mass is 257 g/mol. The van der Waals surface area contributed by atoms with Gasteiger partial charge in [-0.1, -0.05) is 16.9 Å². The molecule has 2 rings (SSSR count). The zero-order chi connectivity index (χ0) is 11.5. The third-order valence-corrected chi connectivity index (χ3v) is 3.99. The molecule has 0 aromatic carbocycles. The first kappa shape index (κ1) is 11.1. The van der Waals surface area contributed by atoms with Gasteiger partial charge in [-0.15, -0.1) is 11.3 Å². The van der Waals surface area contributed by atoms with Crippen LogP contribution < -0.4 is 0 Å². The molecule has 0 aliphatic rings. The summed E-state index contributed by atoms with van der Waals surface area (Å²) < 4.78 is 5.28. The highest BCUT2D eigenvalue weighted by molar-refractivity contribution is 8.00. The lowest BCUT2D eigenvalue weighted by atomic mass is 10.4. The number of aryl methyl sites for hydroxylation is 1. The quantitative estimate of drug-likeness (QED) is 0.835. The van der Waals surface area contributed by atoms with Crippen molar-refractivity contribution in [2.75, 3.05) is 0 Å². The highest BCUT2D eigenvalue weighted by atomic mass is 32.2. The number of thioether (sulfide) groups is 1. The second kappa shape index (κ2) is 4.62. The fourth-order valence-electron chi connectivity index (χ4n) is 1.01. The third kappa shape index (κ3) is 2.39. The maximum Gasteiger partial charge on any atom is 0.347 e. The fraction of sp³-hybridized carbons (Fsp3) is 0.250. The van der Waals surface area contributed by atoms with Crippen LogP contribution in [0.4, 0.5) is 0 Å². The summed E-state index contributed by atoms with van der Waals surface area (Å²) in [5, 5.41) is 12.5. The smallest absolute Gasteiger partial charge is 0.347 e. The average Bonchev–Trinajstić information content (AvgIpc) is 2.83. The molecule has 0 aliphatic heterocycles. The molecule has 0 spiro atoms. The lowest BCUT2D eigenvalue weighted by molar-refractivity contribution is 0.0701. The SMILES string of the molecule is Cc1nc(SCc2ncon2)sc1C(=O)O. The molecule has 2 heterocycles. The van der Waals surface area contributed by atoms with E-state index in [4.69, 9.17) is 5.11 Å². The van der Waals surface area contributed by atoms with Gasteiger partial charge in [0.1, 0.15) is 4.88 Å². The number of rotatable bonds is 4. The summed E-state index contributed by atoms with van der Waals surface area (Å²) in [6.45, 7) is 1.68. The molecule has 1 N–H and O–H groups in total. The van der Waals surface area contributed by atoms with E-state index in [1.54, 1.807) is 6.92 Å². The number of aromatic nitrogens is 3. The van der Waals surface area contributed by atoms with Crippen molar-refractivity contribution in [1.82, 2.24) is 15.1 Å². The van der Waals surface area contributed by atoms with Crippen molar-refractivity contribution >= 4 is 29.1 Å². The van der Waals surface area contributed by atoms with Crippen LogP contribution in [0.15, 0.2) is 15.3 Å². The van der Waals surface area contributed by atoms with Gasteiger partial charge in [0.15, 0.2) is 10.2 Å². The van der Waals surface area contributed by atoms with Gasteiger partial charge >= 0.3 is 5.97 Å². The first-order valence-electron chi connectivity index (χ1n) is 4.25. The molecular formula is C8H7N3O3S2. The minimum atomic E-state index is -0.943. The van der Waals surface area contributed by atoms with Gasteiger partial charge < -0.3 is 9.63 Å². The van der Waals surface area contributed by atoms with Gasteiger partial charge in [-0.25, -0.2) is 9.78 Å². The molecule has 0 atom stereocenters. The Kier molecular flexibility index (Phi) is 3.20. The van der Waals surface area contributed by atoms with E-state index in [2.05, 4.69) is 19.6 Å². The Morgan fingerprint density at radius 1 is 1.69 bits per heavy atom. The normalized spacial score (nSPS) is 10.6. The van der Waals surface area contributed by atoms with E-state index in [0.717, 1.165) is 11.3 Å². The zero-order valence-electron chi connectivity index (χ0n) is 8.21. The van der Waals surface area contributed by atoms with Crippen LogP contribution in [0.1, 0.15) is 21.2 Å². The summed E-state index contributed by atoms with van der Waals surface area (Å²) in [6, 6.07) is 0. The highest BCUT2D eigenvalue weighted by Gasteiger charge is 2.14. The fourth-order valence-corrected chi connectivity index (χ4v) is 2.90. The molecule has 0 fully saturated rings. The van der Waals surface area contributed by atoms with Crippen molar-refractivity contribution in [2.45, 2.75) is 17.0 Å². The van der Waals surface area contributed by atoms with Gasteiger partial charge in [0.25, 0.3) is 0 Å². The predicted molar refractivity (Wildman–Crippen MR) is 57.7 cm³/mol. The van der Waals surface area contributed by atoms with E-state index in [1.165, 1.54) is 18.2 Å². The Balaban J connectivity index is 2.05. The largest absolute Gasteiger partial charge is 0.477 e. The van der Waals surface area contributed by atoms with Crippen LogP contribution in [-0.4, -0.2) is 26.2 Å². The molecule has 0 bridgehead atoms. The van der Waals surface area contributed by atoms with E-state index < -0.39 is 5.97 Å². The van der Waals surface area contributed by atoms with Gasteiger partial charge in [-0.2, -0.15) is 4.98 Å². The Labute approximate surface area is 98.7 Å². The summed E-state index contributed by atoms with van der Waals surface area (Å²) in [5.74, 6) is 0.138. The summed E-state index contributed by atoms with van der Waals surface area (Å²) >= 11 is 2.55. The first-order chi connectivity index (χ1) is 7.66. The van der Waals surface area contributed by atoms with Gasteiger partial charge in [-0.3, -0.25) is 0 Å². The molecule has 6 nitrogen and oxygen atoms in total. The molecule has 2 aromatic rings. The zero-order valence-corrected chi connectivity index (χ0v) is 9.84. The van der Waals surface area contributed by atoms with Crippen molar-refractivity contribution in [3.05, 3.63) is 22.8 Å². The second-order valence-corrected chi connectivity index (χ2v) is 5.06. The van der Waals surface area contributed by atoms with Crippen LogP contribution in [0, 0.1) is 6.92 Å². The summed E-state index contributed by atoms with van der Waals surface area (Å²) in [5.41, 5.74) is 0.535. The van der Waals surface area contributed by atoms with Gasteiger partial charge in [0.05, 0.1) is 11.4 Å². The van der Waals surface area contributed by atoms with E-state index in [0.29, 0.717) is 21.6 Å². The number of carbonyl (C=O) groups is 1. The molecule has 2 aromatic heterocycles. The molecule has 0 saturated heterocycles.